The lowest BCUT2D eigenvalue weighted by Gasteiger charge is -2.13. The van der Waals surface area contributed by atoms with Crippen LogP contribution in [0.4, 0.5) is 10.1 Å². The molecule has 0 aliphatic rings. The Hall–Kier alpha value is -2.40. The van der Waals surface area contributed by atoms with Crippen LogP contribution in [0.1, 0.15) is 21.5 Å². The third kappa shape index (κ3) is 3.83. The van der Waals surface area contributed by atoms with Gasteiger partial charge in [-0.15, -0.1) is 0 Å². The van der Waals surface area contributed by atoms with Crippen molar-refractivity contribution in [1.29, 1.82) is 0 Å². The number of carbonyl (C=O) groups is 1. The molecule has 4 nitrogen and oxygen atoms in total. The van der Waals surface area contributed by atoms with Gasteiger partial charge in [-0.1, -0.05) is 24.3 Å². The van der Waals surface area contributed by atoms with Gasteiger partial charge in [0.1, 0.15) is 5.82 Å². The number of hydrogen-bond donors (Lipinski definition) is 3. The third-order valence-corrected chi connectivity index (χ3v) is 3.40. The van der Waals surface area contributed by atoms with E-state index >= 15 is 0 Å². The van der Waals surface area contributed by atoms with Crippen molar-refractivity contribution < 1.29 is 14.3 Å². The number of anilines is 1. The van der Waals surface area contributed by atoms with Gasteiger partial charge in [0.05, 0.1) is 6.61 Å². The van der Waals surface area contributed by atoms with Gasteiger partial charge < -0.3 is 15.7 Å². The lowest BCUT2D eigenvalue weighted by atomic mass is 10.1. The minimum Gasteiger partial charge on any atom is -0.395 e. The lowest BCUT2D eigenvalue weighted by Crippen LogP contribution is -2.27. The van der Waals surface area contributed by atoms with Crippen molar-refractivity contribution in [2.45, 2.75) is 13.5 Å². The molecule has 0 saturated carbocycles. The molecule has 2 rings (SSSR count). The number of aliphatic hydroxyl groups excluding tert-OH is 1. The van der Waals surface area contributed by atoms with Gasteiger partial charge in [-0.2, -0.15) is 0 Å². The Morgan fingerprint density at radius 1 is 1.18 bits per heavy atom. The van der Waals surface area contributed by atoms with Crippen molar-refractivity contribution >= 4 is 11.6 Å². The minimum absolute atomic E-state index is 0.101. The predicted molar refractivity (Wildman–Crippen MR) is 84.3 cm³/mol. The van der Waals surface area contributed by atoms with Gasteiger partial charge in [0.15, 0.2) is 0 Å². The molecule has 5 heteroatoms. The first-order valence-corrected chi connectivity index (χ1v) is 7.09. The fourth-order valence-electron chi connectivity index (χ4n) is 2.17. The van der Waals surface area contributed by atoms with Crippen LogP contribution in [0.5, 0.6) is 0 Å². The lowest BCUT2D eigenvalue weighted by molar-refractivity contribution is 0.0944. The Labute approximate surface area is 129 Å². The zero-order valence-corrected chi connectivity index (χ0v) is 12.4. The summed E-state index contributed by atoms with van der Waals surface area (Å²) < 4.78 is 13.6. The molecule has 0 saturated heterocycles. The summed E-state index contributed by atoms with van der Waals surface area (Å²) in [6, 6.07) is 11.9. The average Bonchev–Trinajstić information content (AvgIpc) is 2.53. The highest BCUT2D eigenvalue weighted by Gasteiger charge is 2.11. The highest BCUT2D eigenvalue weighted by Crippen LogP contribution is 2.20. The molecule has 0 fully saturated rings. The van der Waals surface area contributed by atoms with Crippen LogP contribution in [-0.2, 0) is 6.54 Å². The monoisotopic (exact) mass is 302 g/mol. The van der Waals surface area contributed by atoms with E-state index in [1.165, 1.54) is 6.07 Å². The molecule has 0 heterocycles. The molecule has 0 aliphatic carbocycles. The molecule has 0 aliphatic heterocycles. The Morgan fingerprint density at radius 3 is 2.68 bits per heavy atom. The zero-order chi connectivity index (χ0) is 15.9. The van der Waals surface area contributed by atoms with Crippen LogP contribution in [-0.4, -0.2) is 24.2 Å². The number of carbonyl (C=O) groups excluding carboxylic acids is 1. The third-order valence-electron chi connectivity index (χ3n) is 3.40. The summed E-state index contributed by atoms with van der Waals surface area (Å²) in [5.41, 5.74) is 2.66. The second kappa shape index (κ2) is 7.56. The van der Waals surface area contributed by atoms with Crippen LogP contribution < -0.4 is 10.6 Å². The molecule has 1 amide bonds. The molecule has 0 spiro atoms. The highest BCUT2D eigenvalue weighted by molar-refractivity contribution is 5.97. The van der Waals surface area contributed by atoms with Gasteiger partial charge in [0, 0.05) is 29.9 Å². The van der Waals surface area contributed by atoms with Gasteiger partial charge in [0.2, 0.25) is 0 Å². The Balaban J connectivity index is 2.12. The van der Waals surface area contributed by atoms with E-state index in [-0.39, 0.29) is 24.9 Å². The number of benzene rings is 2. The number of halogens is 1. The van der Waals surface area contributed by atoms with Gasteiger partial charge >= 0.3 is 0 Å². The first-order valence-electron chi connectivity index (χ1n) is 7.09. The summed E-state index contributed by atoms with van der Waals surface area (Å²) >= 11 is 0. The van der Waals surface area contributed by atoms with Crippen LogP contribution >= 0.6 is 0 Å². The number of nitrogens with one attached hydrogen (secondary N) is 2. The summed E-state index contributed by atoms with van der Waals surface area (Å²) in [4.78, 5) is 12.0. The van der Waals surface area contributed by atoms with E-state index in [9.17, 15) is 9.18 Å². The molecule has 2 aromatic rings. The van der Waals surface area contributed by atoms with E-state index in [4.69, 9.17) is 5.11 Å². The van der Waals surface area contributed by atoms with Crippen molar-refractivity contribution in [3.05, 3.63) is 65.0 Å². The van der Waals surface area contributed by atoms with Crippen molar-refractivity contribution in [3.63, 3.8) is 0 Å². The Morgan fingerprint density at radius 2 is 1.95 bits per heavy atom. The van der Waals surface area contributed by atoms with Crippen LogP contribution in [0.2, 0.25) is 0 Å². The van der Waals surface area contributed by atoms with Crippen molar-refractivity contribution in [1.82, 2.24) is 5.32 Å². The highest BCUT2D eigenvalue weighted by atomic mass is 19.1. The van der Waals surface area contributed by atoms with Crippen LogP contribution in [0, 0.1) is 12.7 Å². The minimum atomic E-state index is -0.260. The molecule has 0 aromatic heterocycles. The van der Waals surface area contributed by atoms with Crippen LogP contribution in [0.15, 0.2) is 42.5 Å². The van der Waals surface area contributed by atoms with Crippen LogP contribution in [0.25, 0.3) is 0 Å². The van der Waals surface area contributed by atoms with E-state index in [1.54, 1.807) is 30.3 Å². The second-order valence-electron chi connectivity index (χ2n) is 4.90. The van der Waals surface area contributed by atoms with Gasteiger partial charge in [0.25, 0.3) is 5.91 Å². The zero-order valence-electron chi connectivity index (χ0n) is 12.4. The summed E-state index contributed by atoms with van der Waals surface area (Å²) in [5.74, 6) is -0.495. The fraction of sp³-hybridized carbons (Fsp3) is 0.235. The molecular weight excluding hydrogens is 283 g/mol. The Bertz CT molecular complexity index is 659. The molecule has 0 radical (unpaired) electrons. The maximum atomic E-state index is 13.6. The van der Waals surface area contributed by atoms with Crippen molar-refractivity contribution in [2.24, 2.45) is 0 Å². The maximum absolute atomic E-state index is 13.6. The SMILES string of the molecule is Cc1c(NCc2ccccc2F)cccc1C(=O)NCCO. The fourth-order valence-corrected chi connectivity index (χ4v) is 2.17. The molecule has 22 heavy (non-hydrogen) atoms. The number of amides is 1. The number of aliphatic hydroxyl groups is 1. The van der Waals surface area contributed by atoms with E-state index < -0.39 is 0 Å². The van der Waals surface area contributed by atoms with E-state index in [2.05, 4.69) is 10.6 Å². The maximum Gasteiger partial charge on any atom is 0.251 e. The van der Waals surface area contributed by atoms with E-state index in [1.807, 2.05) is 13.0 Å². The van der Waals surface area contributed by atoms with Gasteiger partial charge in [-0.25, -0.2) is 4.39 Å². The first-order chi connectivity index (χ1) is 10.6. The van der Waals surface area contributed by atoms with Crippen molar-refractivity contribution in [3.8, 4) is 0 Å². The molecule has 116 valence electrons. The van der Waals surface area contributed by atoms with Gasteiger partial charge in [-0.3, -0.25) is 4.79 Å². The molecule has 0 unspecified atom stereocenters. The van der Waals surface area contributed by atoms with Crippen LogP contribution in [0.3, 0.4) is 0 Å². The summed E-state index contributed by atoms with van der Waals surface area (Å²) in [7, 11) is 0. The second-order valence-corrected chi connectivity index (χ2v) is 4.90. The largest absolute Gasteiger partial charge is 0.395 e. The number of hydrogen-bond acceptors (Lipinski definition) is 3. The first kappa shape index (κ1) is 16.0. The molecular formula is C17H19FN2O2. The van der Waals surface area contributed by atoms with Gasteiger partial charge in [-0.05, 0) is 30.7 Å². The standard InChI is InChI=1S/C17H19FN2O2/c1-12-14(17(22)19-9-10-21)6-4-8-16(12)20-11-13-5-2-3-7-15(13)18/h2-8,20-21H,9-11H2,1H3,(H,19,22). The number of rotatable bonds is 6. The topological polar surface area (TPSA) is 61.4 Å². The van der Waals surface area contributed by atoms with E-state index in [0.717, 1.165) is 11.3 Å². The summed E-state index contributed by atoms with van der Waals surface area (Å²) in [6.45, 7) is 2.29. The molecule has 0 atom stereocenters. The molecule has 2 aromatic carbocycles. The predicted octanol–water partition coefficient (Wildman–Crippen LogP) is 2.47. The normalized spacial score (nSPS) is 10.3. The molecule has 0 bridgehead atoms. The Kier molecular flexibility index (Phi) is 5.49. The summed E-state index contributed by atoms with van der Waals surface area (Å²) in [6.07, 6.45) is 0. The quantitative estimate of drug-likeness (QED) is 0.768. The van der Waals surface area contributed by atoms with E-state index in [0.29, 0.717) is 17.7 Å². The average molecular weight is 302 g/mol. The molecule has 3 N–H and O–H groups in total. The van der Waals surface area contributed by atoms with Crippen molar-refractivity contribution in [2.75, 3.05) is 18.5 Å². The smallest absolute Gasteiger partial charge is 0.251 e. The summed E-state index contributed by atoms with van der Waals surface area (Å²) in [5, 5.41) is 14.5.